The Morgan fingerprint density at radius 1 is 0.377 bits per heavy atom. The largest absolute Gasteiger partial charge is 0.456 e. The van der Waals surface area contributed by atoms with Crippen LogP contribution in [0.15, 0.2) is 167 Å². The highest BCUT2D eigenvalue weighted by molar-refractivity contribution is 7.22. The molecule has 0 spiro atoms. The third kappa shape index (κ3) is 4.93. The Morgan fingerprint density at radius 3 is 1.68 bits per heavy atom. The molecule has 0 aliphatic heterocycles. The summed E-state index contributed by atoms with van der Waals surface area (Å²) < 4.78 is 13.9. The molecular formula is C46H26N4O2S. The molecule has 0 atom stereocenters. The minimum absolute atomic E-state index is 0.517. The average Bonchev–Trinajstić information content (AvgIpc) is 3.93. The minimum Gasteiger partial charge on any atom is -0.456 e. The maximum atomic E-state index is 6.67. The number of hydrogen-bond acceptors (Lipinski definition) is 7. The molecule has 0 N–H and O–H groups in total. The number of fused-ring (bicyclic) bond motifs is 7. The van der Waals surface area contributed by atoms with Crippen molar-refractivity contribution in [3.8, 4) is 55.9 Å². The Labute approximate surface area is 306 Å². The van der Waals surface area contributed by atoms with Gasteiger partial charge in [-0.2, -0.15) is 0 Å². The highest BCUT2D eigenvalue weighted by atomic mass is 32.1. The number of benzene rings is 7. The number of furan rings is 2. The molecule has 0 unspecified atom stereocenters. The van der Waals surface area contributed by atoms with Crippen LogP contribution in [0.5, 0.6) is 0 Å². The molecule has 11 rings (SSSR count). The van der Waals surface area contributed by atoms with Crippen LogP contribution in [0, 0.1) is 0 Å². The molecule has 248 valence electrons. The molecule has 4 aromatic heterocycles. The molecule has 0 fully saturated rings. The first-order valence-corrected chi connectivity index (χ1v) is 18.2. The second-order valence-electron chi connectivity index (χ2n) is 13.0. The van der Waals surface area contributed by atoms with Crippen LogP contribution < -0.4 is 0 Å². The van der Waals surface area contributed by atoms with Crippen LogP contribution in [0.25, 0.3) is 110 Å². The van der Waals surface area contributed by atoms with E-state index in [-0.39, 0.29) is 0 Å². The normalized spacial score (nSPS) is 11.8. The summed E-state index contributed by atoms with van der Waals surface area (Å²) in [6.45, 7) is 0. The van der Waals surface area contributed by atoms with Crippen molar-refractivity contribution in [2.24, 2.45) is 0 Å². The topological polar surface area (TPSA) is 77.8 Å². The van der Waals surface area contributed by atoms with E-state index in [9.17, 15) is 0 Å². The summed E-state index contributed by atoms with van der Waals surface area (Å²) in [5, 5.41) is 5.01. The van der Waals surface area contributed by atoms with Gasteiger partial charge in [0.05, 0.1) is 15.8 Å². The van der Waals surface area contributed by atoms with Gasteiger partial charge in [-0.1, -0.05) is 127 Å². The van der Waals surface area contributed by atoms with Gasteiger partial charge in [0.15, 0.2) is 17.5 Å². The fraction of sp³-hybridized carbons (Fsp3) is 0. The predicted molar refractivity (Wildman–Crippen MR) is 215 cm³/mol. The minimum atomic E-state index is 0.517. The third-order valence-corrected chi connectivity index (χ3v) is 10.9. The van der Waals surface area contributed by atoms with Gasteiger partial charge < -0.3 is 8.83 Å². The SMILES string of the molecule is c1ccc(-c2ccc(-c3nc4cc5c(oc6ccccc65)c(-c5nc(-c6ccccc6)nc(-c6ccc7c(c6)oc6ccccc67)n5)c4s3)cc2)cc1. The van der Waals surface area contributed by atoms with Crippen LogP contribution in [0.4, 0.5) is 0 Å². The van der Waals surface area contributed by atoms with E-state index in [0.29, 0.717) is 17.5 Å². The van der Waals surface area contributed by atoms with E-state index in [4.69, 9.17) is 28.8 Å². The number of nitrogens with zero attached hydrogens (tertiary/aromatic N) is 4. The lowest BCUT2D eigenvalue weighted by Gasteiger charge is -2.09. The van der Waals surface area contributed by atoms with Crippen molar-refractivity contribution in [1.29, 1.82) is 0 Å². The van der Waals surface area contributed by atoms with Gasteiger partial charge in [0.25, 0.3) is 0 Å². The second-order valence-corrected chi connectivity index (χ2v) is 14.0. The number of para-hydroxylation sites is 2. The van der Waals surface area contributed by atoms with Gasteiger partial charge in [-0.25, -0.2) is 19.9 Å². The molecule has 7 heteroatoms. The van der Waals surface area contributed by atoms with Crippen LogP contribution >= 0.6 is 11.3 Å². The van der Waals surface area contributed by atoms with Gasteiger partial charge in [-0.3, -0.25) is 0 Å². The lowest BCUT2D eigenvalue weighted by Crippen LogP contribution is -2.00. The summed E-state index contributed by atoms with van der Waals surface area (Å²) in [5.41, 5.74) is 9.89. The maximum Gasteiger partial charge on any atom is 0.169 e. The molecule has 4 heterocycles. The monoisotopic (exact) mass is 698 g/mol. The highest BCUT2D eigenvalue weighted by Gasteiger charge is 2.24. The number of hydrogen-bond donors (Lipinski definition) is 0. The van der Waals surface area contributed by atoms with Crippen LogP contribution in [-0.4, -0.2) is 19.9 Å². The first-order chi connectivity index (χ1) is 26.2. The third-order valence-electron chi connectivity index (χ3n) is 9.79. The van der Waals surface area contributed by atoms with Crippen LogP contribution in [0.3, 0.4) is 0 Å². The zero-order valence-electron chi connectivity index (χ0n) is 28.0. The second kappa shape index (κ2) is 11.8. The number of aromatic nitrogens is 4. The standard InChI is InChI=1S/C46H26N4O2S/c1-3-11-27(12-4-1)28-19-21-30(22-20-28)46-47-36-26-35-33-16-8-10-18-38(33)52-41(35)40(42(36)53-46)45-49-43(29-13-5-2-6-14-29)48-44(50-45)31-23-24-34-32-15-7-9-17-37(32)51-39(34)25-31/h1-26H. The maximum absolute atomic E-state index is 6.67. The fourth-order valence-electron chi connectivity index (χ4n) is 7.20. The molecule has 0 saturated carbocycles. The molecule has 7 aromatic carbocycles. The first-order valence-electron chi connectivity index (χ1n) is 17.4. The molecule has 0 saturated heterocycles. The Kier molecular flexibility index (Phi) is 6.62. The molecule has 0 amide bonds. The van der Waals surface area contributed by atoms with Gasteiger partial charge in [-0.05, 0) is 41.5 Å². The molecule has 0 aliphatic rings. The average molecular weight is 699 g/mol. The van der Waals surface area contributed by atoms with Gasteiger partial charge in [0, 0.05) is 38.2 Å². The van der Waals surface area contributed by atoms with E-state index in [1.807, 2.05) is 78.9 Å². The van der Waals surface area contributed by atoms with Crippen molar-refractivity contribution in [1.82, 2.24) is 19.9 Å². The molecular weight excluding hydrogens is 673 g/mol. The summed E-state index contributed by atoms with van der Waals surface area (Å²) in [6.07, 6.45) is 0. The molecule has 11 aromatic rings. The van der Waals surface area contributed by atoms with E-state index in [1.165, 1.54) is 5.56 Å². The van der Waals surface area contributed by atoms with Crippen molar-refractivity contribution in [3.05, 3.63) is 158 Å². The fourth-order valence-corrected chi connectivity index (χ4v) is 8.29. The Bertz CT molecular complexity index is 3160. The first kappa shape index (κ1) is 29.7. The van der Waals surface area contributed by atoms with E-state index in [2.05, 4.69) is 78.9 Å². The molecule has 6 nitrogen and oxygen atoms in total. The van der Waals surface area contributed by atoms with Gasteiger partial charge in [0.1, 0.15) is 27.3 Å². The highest BCUT2D eigenvalue weighted by Crippen LogP contribution is 2.44. The van der Waals surface area contributed by atoms with E-state index in [0.717, 1.165) is 86.9 Å². The van der Waals surface area contributed by atoms with Crippen LogP contribution in [-0.2, 0) is 0 Å². The zero-order valence-corrected chi connectivity index (χ0v) is 28.8. The lowest BCUT2D eigenvalue weighted by atomic mass is 10.0. The van der Waals surface area contributed by atoms with Gasteiger partial charge in [0.2, 0.25) is 0 Å². The molecule has 0 bridgehead atoms. The summed E-state index contributed by atoms with van der Waals surface area (Å²) in [4.78, 5) is 20.6. The van der Waals surface area contributed by atoms with E-state index in [1.54, 1.807) is 11.3 Å². The Morgan fingerprint density at radius 2 is 0.925 bits per heavy atom. The predicted octanol–water partition coefficient (Wildman–Crippen LogP) is 12.6. The quantitative estimate of drug-likeness (QED) is 0.178. The van der Waals surface area contributed by atoms with Gasteiger partial charge in [-0.15, -0.1) is 11.3 Å². The molecule has 53 heavy (non-hydrogen) atoms. The Hall–Kier alpha value is -6.96. The summed E-state index contributed by atoms with van der Waals surface area (Å²) in [6, 6.07) is 53.5. The summed E-state index contributed by atoms with van der Waals surface area (Å²) in [7, 11) is 0. The van der Waals surface area contributed by atoms with Crippen molar-refractivity contribution in [3.63, 3.8) is 0 Å². The summed E-state index contributed by atoms with van der Waals surface area (Å²) >= 11 is 1.62. The number of rotatable bonds is 5. The van der Waals surface area contributed by atoms with Crippen molar-refractivity contribution >= 4 is 65.4 Å². The summed E-state index contributed by atoms with van der Waals surface area (Å²) in [5.74, 6) is 1.62. The smallest absolute Gasteiger partial charge is 0.169 e. The van der Waals surface area contributed by atoms with E-state index < -0.39 is 0 Å². The Balaban J connectivity index is 1.15. The van der Waals surface area contributed by atoms with Crippen LogP contribution in [0.2, 0.25) is 0 Å². The van der Waals surface area contributed by atoms with Crippen molar-refractivity contribution in [2.75, 3.05) is 0 Å². The number of thiazole rings is 1. The lowest BCUT2D eigenvalue weighted by molar-refractivity contribution is 0.668. The van der Waals surface area contributed by atoms with E-state index >= 15 is 0 Å². The molecule has 0 aliphatic carbocycles. The van der Waals surface area contributed by atoms with Crippen LogP contribution in [0.1, 0.15) is 0 Å². The van der Waals surface area contributed by atoms with Crippen molar-refractivity contribution < 1.29 is 8.83 Å². The van der Waals surface area contributed by atoms with Gasteiger partial charge >= 0.3 is 0 Å². The molecule has 0 radical (unpaired) electrons. The van der Waals surface area contributed by atoms with Crippen molar-refractivity contribution in [2.45, 2.75) is 0 Å². The zero-order chi connectivity index (χ0) is 34.9.